The van der Waals surface area contributed by atoms with E-state index in [1.807, 2.05) is 6.92 Å². The molecule has 1 heterocycles. The van der Waals surface area contributed by atoms with E-state index in [0.29, 0.717) is 13.0 Å². The van der Waals surface area contributed by atoms with Gasteiger partial charge in [-0.05, 0) is 19.3 Å². The minimum Gasteiger partial charge on any atom is -0.340 e. The van der Waals surface area contributed by atoms with E-state index in [9.17, 15) is 9.59 Å². The summed E-state index contributed by atoms with van der Waals surface area (Å²) in [6, 6.07) is -0.368. The molecule has 1 unspecified atom stereocenters. The first kappa shape index (κ1) is 14.4. The molecular weight excluding hydrogens is 264 g/mol. The van der Waals surface area contributed by atoms with Gasteiger partial charge < -0.3 is 10.2 Å². The molecule has 0 aromatic rings. The van der Waals surface area contributed by atoms with Crippen molar-refractivity contribution in [2.75, 3.05) is 6.54 Å². The third-order valence-corrected chi connectivity index (χ3v) is 4.37. The highest BCUT2D eigenvalue weighted by Gasteiger charge is 2.50. The van der Waals surface area contributed by atoms with Crippen molar-refractivity contribution in [3.05, 3.63) is 11.6 Å². The smallest absolute Gasteiger partial charge is 0.249 e. The van der Waals surface area contributed by atoms with Gasteiger partial charge in [0.1, 0.15) is 11.6 Å². The Hall–Kier alpha value is -1.03. The molecular formula is C14H21ClN2O2. The fourth-order valence-electron chi connectivity index (χ4n) is 3.19. The molecule has 2 amide bonds. The van der Waals surface area contributed by atoms with Gasteiger partial charge in [0.15, 0.2) is 0 Å². The summed E-state index contributed by atoms with van der Waals surface area (Å²) in [4.78, 5) is 26.7. The first-order valence-corrected chi connectivity index (χ1v) is 7.46. The molecule has 2 fully saturated rings. The average molecular weight is 285 g/mol. The van der Waals surface area contributed by atoms with E-state index in [1.165, 1.54) is 5.54 Å². The van der Waals surface area contributed by atoms with Crippen LogP contribution in [0.15, 0.2) is 11.6 Å². The van der Waals surface area contributed by atoms with Crippen molar-refractivity contribution in [3.8, 4) is 0 Å². The molecule has 5 heteroatoms. The van der Waals surface area contributed by atoms with Crippen LogP contribution in [0, 0.1) is 0 Å². The number of rotatable bonds is 3. The third-order valence-electron chi connectivity index (χ3n) is 4.20. The van der Waals surface area contributed by atoms with Crippen LogP contribution in [-0.4, -0.2) is 34.8 Å². The second-order valence-electron chi connectivity index (χ2n) is 5.38. The normalized spacial score (nSPS) is 27.1. The molecule has 19 heavy (non-hydrogen) atoms. The average Bonchev–Trinajstić information content (AvgIpc) is 2.42. The molecule has 0 bridgehead atoms. The number of carbonyl (C=O) groups excluding carboxylic acids is 2. The predicted molar refractivity (Wildman–Crippen MR) is 74.7 cm³/mol. The van der Waals surface area contributed by atoms with Crippen molar-refractivity contribution in [3.63, 3.8) is 0 Å². The maximum Gasteiger partial charge on any atom is 0.249 e. The second-order valence-corrected chi connectivity index (χ2v) is 5.63. The second kappa shape index (κ2) is 5.95. The lowest BCUT2D eigenvalue weighted by atomic mass is 9.78. The number of hydrogen-bond acceptors (Lipinski definition) is 2. The molecule has 1 saturated heterocycles. The SMILES string of the molecule is CCC1C(=O)NC2(CCCCC2)C(=O)N1C/C=C/Cl. The summed E-state index contributed by atoms with van der Waals surface area (Å²) in [5.41, 5.74) is 0.751. The third kappa shape index (κ3) is 2.64. The van der Waals surface area contributed by atoms with Crippen LogP contribution in [0.1, 0.15) is 45.4 Å². The zero-order valence-electron chi connectivity index (χ0n) is 11.3. The topological polar surface area (TPSA) is 49.4 Å². The molecule has 2 aliphatic rings. The Morgan fingerprint density at radius 1 is 1.37 bits per heavy atom. The molecule has 106 valence electrons. The van der Waals surface area contributed by atoms with E-state index in [0.717, 1.165) is 32.1 Å². The van der Waals surface area contributed by atoms with Crippen molar-refractivity contribution in [2.45, 2.75) is 57.0 Å². The molecule has 0 aromatic heterocycles. The highest BCUT2D eigenvalue weighted by molar-refractivity contribution is 6.25. The Morgan fingerprint density at radius 3 is 2.63 bits per heavy atom. The Balaban J connectivity index is 2.25. The Morgan fingerprint density at radius 2 is 2.05 bits per heavy atom. The summed E-state index contributed by atoms with van der Waals surface area (Å²) in [6.45, 7) is 2.34. The molecule has 1 aliphatic heterocycles. The van der Waals surface area contributed by atoms with Crippen LogP contribution in [0.25, 0.3) is 0 Å². The summed E-state index contributed by atoms with van der Waals surface area (Å²) in [7, 11) is 0. The summed E-state index contributed by atoms with van der Waals surface area (Å²) >= 11 is 5.55. The van der Waals surface area contributed by atoms with E-state index in [2.05, 4.69) is 5.32 Å². The number of carbonyl (C=O) groups is 2. The maximum atomic E-state index is 12.8. The number of amides is 2. The van der Waals surface area contributed by atoms with Crippen LogP contribution >= 0.6 is 11.6 Å². The van der Waals surface area contributed by atoms with E-state index in [-0.39, 0.29) is 17.9 Å². The van der Waals surface area contributed by atoms with Crippen molar-refractivity contribution >= 4 is 23.4 Å². The van der Waals surface area contributed by atoms with Gasteiger partial charge in [0, 0.05) is 12.1 Å². The Kier molecular flexibility index (Phi) is 4.50. The van der Waals surface area contributed by atoms with Gasteiger partial charge in [0.05, 0.1) is 0 Å². The van der Waals surface area contributed by atoms with Crippen LogP contribution in [-0.2, 0) is 9.59 Å². The summed E-state index contributed by atoms with van der Waals surface area (Å²) in [5, 5.41) is 3.00. The summed E-state index contributed by atoms with van der Waals surface area (Å²) in [5.74, 6) is 0.0420. The molecule has 0 radical (unpaired) electrons. The van der Waals surface area contributed by atoms with Crippen molar-refractivity contribution in [1.29, 1.82) is 0 Å². The van der Waals surface area contributed by atoms with Gasteiger partial charge in [-0.2, -0.15) is 0 Å². The fourth-order valence-corrected chi connectivity index (χ4v) is 3.27. The molecule has 0 aromatic carbocycles. The predicted octanol–water partition coefficient (Wildman–Crippen LogP) is 2.18. The van der Waals surface area contributed by atoms with Gasteiger partial charge in [0.2, 0.25) is 11.8 Å². The lowest BCUT2D eigenvalue weighted by Gasteiger charge is -2.47. The quantitative estimate of drug-likeness (QED) is 0.863. The maximum absolute atomic E-state index is 12.8. The van der Waals surface area contributed by atoms with E-state index in [4.69, 9.17) is 11.6 Å². The monoisotopic (exact) mass is 284 g/mol. The number of nitrogens with zero attached hydrogens (tertiary/aromatic N) is 1. The minimum absolute atomic E-state index is 0.0213. The van der Waals surface area contributed by atoms with Gasteiger partial charge in [0.25, 0.3) is 0 Å². The van der Waals surface area contributed by atoms with E-state index in [1.54, 1.807) is 11.0 Å². The van der Waals surface area contributed by atoms with Gasteiger partial charge in [-0.15, -0.1) is 0 Å². The molecule has 4 nitrogen and oxygen atoms in total. The van der Waals surface area contributed by atoms with Crippen LogP contribution in [0.4, 0.5) is 0 Å². The number of halogens is 1. The van der Waals surface area contributed by atoms with E-state index >= 15 is 0 Å². The van der Waals surface area contributed by atoms with Gasteiger partial charge in [-0.1, -0.05) is 43.9 Å². The zero-order valence-corrected chi connectivity index (χ0v) is 12.1. The standard InChI is InChI=1S/C14H21ClN2O2/c1-2-11-12(18)16-14(7-4-3-5-8-14)13(19)17(11)10-6-9-15/h6,9,11H,2-5,7-8,10H2,1H3,(H,16,18)/b9-6+. The minimum atomic E-state index is -0.652. The zero-order chi connectivity index (χ0) is 13.9. The summed E-state index contributed by atoms with van der Waals surface area (Å²) in [6.07, 6.45) is 7.01. The lowest BCUT2D eigenvalue weighted by Crippen LogP contribution is -2.70. The van der Waals surface area contributed by atoms with Crippen LogP contribution in [0.5, 0.6) is 0 Å². The molecule has 2 rings (SSSR count). The number of piperazine rings is 1. The van der Waals surface area contributed by atoms with Gasteiger partial charge >= 0.3 is 0 Å². The highest BCUT2D eigenvalue weighted by atomic mass is 35.5. The van der Waals surface area contributed by atoms with Crippen molar-refractivity contribution in [1.82, 2.24) is 10.2 Å². The summed E-state index contributed by atoms with van der Waals surface area (Å²) < 4.78 is 0. The first-order valence-electron chi connectivity index (χ1n) is 7.03. The first-order chi connectivity index (χ1) is 9.14. The van der Waals surface area contributed by atoms with E-state index < -0.39 is 5.54 Å². The Labute approximate surface area is 119 Å². The molecule has 1 aliphatic carbocycles. The fraction of sp³-hybridized carbons (Fsp3) is 0.714. The molecule has 1 spiro atoms. The van der Waals surface area contributed by atoms with Crippen LogP contribution < -0.4 is 5.32 Å². The molecule has 1 atom stereocenters. The number of hydrogen-bond donors (Lipinski definition) is 1. The van der Waals surface area contributed by atoms with Crippen molar-refractivity contribution in [2.24, 2.45) is 0 Å². The lowest BCUT2D eigenvalue weighted by molar-refractivity contribution is -0.156. The highest BCUT2D eigenvalue weighted by Crippen LogP contribution is 2.33. The number of nitrogens with one attached hydrogen (secondary N) is 1. The van der Waals surface area contributed by atoms with Gasteiger partial charge in [-0.3, -0.25) is 9.59 Å². The van der Waals surface area contributed by atoms with Gasteiger partial charge in [-0.25, -0.2) is 0 Å². The largest absolute Gasteiger partial charge is 0.340 e. The van der Waals surface area contributed by atoms with Crippen LogP contribution in [0.2, 0.25) is 0 Å². The Bertz CT molecular complexity index is 389. The molecule has 1 saturated carbocycles. The van der Waals surface area contributed by atoms with Crippen molar-refractivity contribution < 1.29 is 9.59 Å². The molecule has 1 N–H and O–H groups in total. The van der Waals surface area contributed by atoms with Crippen LogP contribution in [0.3, 0.4) is 0 Å².